The van der Waals surface area contributed by atoms with Crippen LogP contribution in [-0.4, -0.2) is 29.1 Å². The number of carbonyl (C=O) groups excluding carboxylic acids is 1. The fourth-order valence-corrected chi connectivity index (χ4v) is 4.31. The van der Waals surface area contributed by atoms with Crippen molar-refractivity contribution in [2.75, 3.05) is 13.1 Å². The summed E-state index contributed by atoms with van der Waals surface area (Å²) >= 11 is 0. The van der Waals surface area contributed by atoms with Gasteiger partial charge in [-0.05, 0) is 50.8 Å². The van der Waals surface area contributed by atoms with Crippen molar-refractivity contribution in [1.82, 2.24) is 20.8 Å². The number of nitrogens with zero attached hydrogens (tertiary/aromatic N) is 2. The lowest BCUT2D eigenvalue weighted by molar-refractivity contribution is 0.0941. The van der Waals surface area contributed by atoms with Crippen LogP contribution in [0.5, 0.6) is 0 Å². The molecule has 2 aliphatic rings. The molecule has 1 aliphatic carbocycles. The number of carbonyl (C=O) groups is 1. The molecular weight excluding hydrogens is 408 g/mol. The van der Waals surface area contributed by atoms with E-state index in [-0.39, 0.29) is 30.4 Å². The number of halogens is 1. The number of piperidine rings is 1. The second-order valence-electron chi connectivity index (χ2n) is 8.10. The summed E-state index contributed by atoms with van der Waals surface area (Å²) in [7, 11) is 0. The highest BCUT2D eigenvalue weighted by atomic mass is 35.5. The Morgan fingerprint density at radius 2 is 1.97 bits per heavy atom. The molecule has 2 aromatic rings. The summed E-state index contributed by atoms with van der Waals surface area (Å²) in [6, 6.07) is 1.81. The molecule has 1 amide bonds. The molecule has 1 atom stereocenters. The molecule has 30 heavy (non-hydrogen) atoms. The maximum absolute atomic E-state index is 12.6. The monoisotopic (exact) mass is 436 g/mol. The third kappa shape index (κ3) is 5.10. The van der Waals surface area contributed by atoms with Crippen LogP contribution in [0.25, 0.3) is 0 Å². The van der Waals surface area contributed by atoms with Crippen molar-refractivity contribution < 1.29 is 13.7 Å². The molecular formula is C21H29ClN4O4. The molecule has 4 rings (SSSR count). The Kier molecular flexibility index (Phi) is 7.66. The van der Waals surface area contributed by atoms with E-state index in [4.69, 9.17) is 8.94 Å². The van der Waals surface area contributed by atoms with Gasteiger partial charge in [0.15, 0.2) is 5.82 Å². The van der Waals surface area contributed by atoms with E-state index < -0.39 is 11.5 Å². The van der Waals surface area contributed by atoms with Crippen LogP contribution in [0.2, 0.25) is 0 Å². The first-order valence-electron chi connectivity index (χ1n) is 10.6. The Balaban J connectivity index is 0.00000256. The van der Waals surface area contributed by atoms with Gasteiger partial charge in [0.25, 0.3) is 5.91 Å². The maximum Gasteiger partial charge on any atom is 0.349 e. The lowest BCUT2D eigenvalue weighted by Gasteiger charge is -2.22. The molecule has 8 nitrogen and oxygen atoms in total. The topological polar surface area (TPSA) is 110 Å². The normalized spacial score (nSPS) is 19.8. The number of rotatable bonds is 5. The van der Waals surface area contributed by atoms with Crippen molar-refractivity contribution >= 4 is 18.3 Å². The van der Waals surface area contributed by atoms with Crippen LogP contribution in [-0.2, 0) is 6.54 Å². The predicted molar refractivity (Wildman–Crippen MR) is 113 cm³/mol. The zero-order valence-electron chi connectivity index (χ0n) is 17.2. The van der Waals surface area contributed by atoms with E-state index in [9.17, 15) is 9.59 Å². The van der Waals surface area contributed by atoms with Gasteiger partial charge < -0.3 is 19.6 Å². The Labute approximate surface area is 181 Å². The van der Waals surface area contributed by atoms with Gasteiger partial charge in [0.1, 0.15) is 11.3 Å². The number of amides is 1. The SMILES string of the molecule is Cc1cc(C2CCCNC2)oc(=O)c1C(=O)NCc1nc(C2CCCCC2)no1.Cl. The highest BCUT2D eigenvalue weighted by Gasteiger charge is 2.24. The zero-order chi connectivity index (χ0) is 20.2. The van der Waals surface area contributed by atoms with Gasteiger partial charge in [-0.25, -0.2) is 4.79 Å². The molecule has 0 radical (unpaired) electrons. The Morgan fingerprint density at radius 1 is 1.20 bits per heavy atom. The summed E-state index contributed by atoms with van der Waals surface area (Å²) < 4.78 is 10.8. The number of nitrogens with one attached hydrogen (secondary N) is 2. The highest BCUT2D eigenvalue weighted by molar-refractivity contribution is 5.95. The molecule has 0 aromatic carbocycles. The number of hydrogen-bond acceptors (Lipinski definition) is 7. The Bertz CT molecular complexity index is 914. The smallest absolute Gasteiger partial charge is 0.349 e. The third-order valence-corrected chi connectivity index (χ3v) is 5.95. The van der Waals surface area contributed by atoms with E-state index in [0.717, 1.165) is 44.6 Å². The lowest BCUT2D eigenvalue weighted by Crippen LogP contribution is -2.31. The van der Waals surface area contributed by atoms with Crippen molar-refractivity contribution in [3.05, 3.63) is 45.1 Å². The van der Waals surface area contributed by atoms with Gasteiger partial charge in [0.05, 0.1) is 6.54 Å². The fourth-order valence-electron chi connectivity index (χ4n) is 4.31. The van der Waals surface area contributed by atoms with E-state index in [1.807, 2.05) is 6.07 Å². The molecule has 9 heteroatoms. The maximum atomic E-state index is 12.6. The minimum Gasteiger partial charge on any atom is -0.427 e. The van der Waals surface area contributed by atoms with Crippen molar-refractivity contribution in [3.8, 4) is 0 Å². The van der Waals surface area contributed by atoms with Gasteiger partial charge in [0, 0.05) is 18.4 Å². The molecule has 2 fully saturated rings. The van der Waals surface area contributed by atoms with Gasteiger partial charge in [0.2, 0.25) is 5.89 Å². The number of aryl methyl sites for hydroxylation is 1. The molecule has 1 unspecified atom stereocenters. The average Bonchev–Trinajstić information content (AvgIpc) is 3.22. The first-order chi connectivity index (χ1) is 14.1. The molecule has 1 saturated carbocycles. The molecule has 1 saturated heterocycles. The summed E-state index contributed by atoms with van der Waals surface area (Å²) in [6.07, 6.45) is 7.81. The van der Waals surface area contributed by atoms with Crippen molar-refractivity contribution in [3.63, 3.8) is 0 Å². The highest BCUT2D eigenvalue weighted by Crippen LogP contribution is 2.30. The van der Waals surface area contributed by atoms with Gasteiger partial charge in [-0.1, -0.05) is 24.4 Å². The van der Waals surface area contributed by atoms with Crippen LogP contribution in [0.1, 0.15) is 90.2 Å². The molecule has 3 heterocycles. The summed E-state index contributed by atoms with van der Waals surface area (Å²) in [6.45, 7) is 3.62. The Hall–Kier alpha value is -2.19. The molecule has 0 bridgehead atoms. The van der Waals surface area contributed by atoms with E-state index in [0.29, 0.717) is 23.1 Å². The molecule has 2 aromatic heterocycles. The molecule has 1 aliphatic heterocycles. The second kappa shape index (κ2) is 10.2. The van der Waals surface area contributed by atoms with E-state index in [1.165, 1.54) is 19.3 Å². The van der Waals surface area contributed by atoms with E-state index in [1.54, 1.807) is 6.92 Å². The zero-order valence-corrected chi connectivity index (χ0v) is 18.1. The first-order valence-corrected chi connectivity index (χ1v) is 10.6. The average molecular weight is 437 g/mol. The van der Waals surface area contributed by atoms with Gasteiger partial charge in [-0.3, -0.25) is 4.79 Å². The van der Waals surface area contributed by atoms with E-state index >= 15 is 0 Å². The minimum atomic E-state index is -0.600. The summed E-state index contributed by atoms with van der Waals surface area (Å²) in [5.41, 5.74) is 0.0498. The van der Waals surface area contributed by atoms with Crippen LogP contribution in [0.4, 0.5) is 0 Å². The largest absolute Gasteiger partial charge is 0.427 e. The molecule has 2 N–H and O–H groups in total. The third-order valence-electron chi connectivity index (χ3n) is 5.95. The predicted octanol–water partition coefficient (Wildman–Crippen LogP) is 3.20. The number of hydrogen-bond donors (Lipinski definition) is 2. The van der Waals surface area contributed by atoms with E-state index in [2.05, 4.69) is 20.8 Å². The Morgan fingerprint density at radius 3 is 2.67 bits per heavy atom. The lowest BCUT2D eigenvalue weighted by atomic mass is 9.89. The van der Waals surface area contributed by atoms with Gasteiger partial charge in [-0.15, -0.1) is 12.4 Å². The van der Waals surface area contributed by atoms with Gasteiger partial charge in [-0.2, -0.15) is 4.98 Å². The van der Waals surface area contributed by atoms with Crippen LogP contribution in [0.3, 0.4) is 0 Å². The number of aromatic nitrogens is 2. The van der Waals surface area contributed by atoms with Crippen LogP contribution >= 0.6 is 12.4 Å². The first kappa shape index (κ1) is 22.5. The van der Waals surface area contributed by atoms with Crippen LogP contribution < -0.4 is 16.3 Å². The van der Waals surface area contributed by atoms with Crippen LogP contribution in [0, 0.1) is 6.92 Å². The van der Waals surface area contributed by atoms with Crippen molar-refractivity contribution in [2.45, 2.75) is 70.3 Å². The van der Waals surface area contributed by atoms with Crippen LogP contribution in [0.15, 0.2) is 19.8 Å². The quantitative estimate of drug-likeness (QED) is 0.740. The molecule has 164 valence electrons. The fraction of sp³-hybridized carbons (Fsp3) is 0.619. The van der Waals surface area contributed by atoms with Crippen molar-refractivity contribution in [2.24, 2.45) is 0 Å². The van der Waals surface area contributed by atoms with Gasteiger partial charge >= 0.3 is 5.63 Å². The standard InChI is InChI=1S/C21H28N4O4.ClH/c1-13-10-16(15-8-5-9-22-11-15)28-21(27)18(13)20(26)23-12-17-24-19(25-29-17)14-6-3-2-4-7-14;/h10,14-15,22H,2-9,11-12H2,1H3,(H,23,26);1H. The summed E-state index contributed by atoms with van der Waals surface area (Å²) in [5, 5.41) is 10.1. The second-order valence-corrected chi connectivity index (χ2v) is 8.10. The summed E-state index contributed by atoms with van der Waals surface area (Å²) in [4.78, 5) is 29.5. The molecule has 0 spiro atoms. The summed E-state index contributed by atoms with van der Waals surface area (Å²) in [5.74, 6) is 1.74. The minimum absolute atomic E-state index is 0. The van der Waals surface area contributed by atoms with Crippen molar-refractivity contribution in [1.29, 1.82) is 0 Å².